The van der Waals surface area contributed by atoms with E-state index in [9.17, 15) is 0 Å². The van der Waals surface area contributed by atoms with E-state index < -0.39 is 0 Å². The monoisotopic (exact) mass is 584 g/mol. The van der Waals surface area contributed by atoms with Gasteiger partial charge in [0, 0.05) is 34.3 Å². The van der Waals surface area contributed by atoms with Crippen LogP contribution in [0.15, 0.2) is 128 Å². The van der Waals surface area contributed by atoms with E-state index in [4.69, 9.17) is 9.97 Å². The lowest BCUT2D eigenvalue weighted by molar-refractivity contribution is -0.557. The highest BCUT2D eigenvalue weighted by atomic mass is 32.1. The number of nitrogens with zero attached hydrogens (tertiary/aromatic N) is 6. The van der Waals surface area contributed by atoms with Crippen LogP contribution >= 0.6 is 11.3 Å². The molecule has 0 aliphatic carbocycles. The van der Waals surface area contributed by atoms with Crippen LogP contribution in [-0.2, 0) is 0 Å². The zero-order chi connectivity index (χ0) is 29.0. The first-order chi connectivity index (χ1) is 21.8. The number of pyridine rings is 2. The second-order valence-electron chi connectivity index (χ2n) is 10.6. The smallest absolute Gasteiger partial charge is 0.265 e. The van der Waals surface area contributed by atoms with Crippen LogP contribution < -0.4 is 4.57 Å². The SMILES string of the molecule is c1ccc(-[n+]2c(-c3cc(-c4nc5ccccc5s4)cc(-c4cc5cccnc5c5ncccc45)c3)[nH]c3cncnc32)cc1. The minimum atomic E-state index is 0.805. The summed E-state index contributed by atoms with van der Waals surface area (Å²) in [5.41, 5.74) is 9.61. The first kappa shape index (κ1) is 24.7. The number of rotatable bonds is 4. The maximum absolute atomic E-state index is 5.04. The van der Waals surface area contributed by atoms with Crippen molar-refractivity contribution in [2.45, 2.75) is 0 Å². The third kappa shape index (κ3) is 3.96. The second kappa shape index (κ2) is 9.86. The Kier molecular flexibility index (Phi) is 5.54. The molecule has 7 nitrogen and oxygen atoms in total. The van der Waals surface area contributed by atoms with E-state index in [0.717, 1.165) is 82.0 Å². The lowest BCUT2D eigenvalue weighted by atomic mass is 9.94. The van der Waals surface area contributed by atoms with Crippen molar-refractivity contribution in [2.24, 2.45) is 0 Å². The van der Waals surface area contributed by atoms with Crippen molar-refractivity contribution in [2.75, 3.05) is 0 Å². The summed E-state index contributed by atoms with van der Waals surface area (Å²) in [6.45, 7) is 0. The van der Waals surface area contributed by atoms with Gasteiger partial charge in [-0.1, -0.05) is 47.4 Å². The van der Waals surface area contributed by atoms with Crippen LogP contribution in [0.5, 0.6) is 0 Å². The van der Waals surface area contributed by atoms with Crippen molar-refractivity contribution in [3.63, 3.8) is 0 Å². The molecule has 44 heavy (non-hydrogen) atoms. The molecule has 0 saturated heterocycles. The molecule has 5 aromatic heterocycles. The molecule has 8 heteroatoms. The minimum Gasteiger partial charge on any atom is -0.265 e. The van der Waals surface area contributed by atoms with E-state index in [1.807, 2.05) is 55.0 Å². The molecule has 0 saturated carbocycles. The summed E-state index contributed by atoms with van der Waals surface area (Å²) in [4.78, 5) is 27.1. The number of thiazole rings is 1. The third-order valence-corrected chi connectivity index (χ3v) is 9.00. The molecular weight excluding hydrogens is 563 g/mol. The number of hydrogen-bond acceptors (Lipinski definition) is 6. The zero-order valence-electron chi connectivity index (χ0n) is 23.2. The molecule has 9 aromatic rings. The van der Waals surface area contributed by atoms with Crippen LogP contribution in [0, 0.1) is 0 Å². The summed E-state index contributed by atoms with van der Waals surface area (Å²) in [6.07, 6.45) is 7.06. The van der Waals surface area contributed by atoms with Crippen molar-refractivity contribution < 1.29 is 4.57 Å². The topological polar surface area (TPSA) is 84.1 Å². The number of H-pyrrole nitrogens is 1. The Balaban J connectivity index is 1.37. The largest absolute Gasteiger partial charge is 0.310 e. The first-order valence-corrected chi connectivity index (χ1v) is 15.1. The maximum atomic E-state index is 5.04. The molecule has 0 fully saturated rings. The molecule has 0 bridgehead atoms. The van der Waals surface area contributed by atoms with E-state index in [1.54, 1.807) is 17.7 Å². The third-order valence-electron chi connectivity index (χ3n) is 7.91. The van der Waals surface area contributed by atoms with Crippen molar-refractivity contribution >= 4 is 54.5 Å². The molecule has 4 aromatic carbocycles. The molecule has 0 aliphatic heterocycles. The fraction of sp³-hybridized carbons (Fsp3) is 0. The highest BCUT2D eigenvalue weighted by Crippen LogP contribution is 2.39. The van der Waals surface area contributed by atoms with Crippen LogP contribution in [0.4, 0.5) is 0 Å². The Bertz CT molecular complexity index is 2480. The predicted molar refractivity (Wildman–Crippen MR) is 176 cm³/mol. The van der Waals surface area contributed by atoms with Crippen molar-refractivity contribution in [3.8, 4) is 38.8 Å². The zero-order valence-corrected chi connectivity index (χ0v) is 24.0. The normalized spacial score (nSPS) is 11.6. The second-order valence-corrected chi connectivity index (χ2v) is 11.6. The summed E-state index contributed by atoms with van der Waals surface area (Å²) >= 11 is 1.70. The quantitative estimate of drug-likeness (QED) is 0.168. The standard InChI is InChI=1S/C36H21N7S/c1-2-9-26(10-3-1)43-34(41-30-20-37-21-40-35(30)43)24-16-23(17-25(18-24)36-42-29-12-4-5-13-31(29)44-36)28-19-22-8-6-14-38-32(22)33-27(28)11-7-15-39-33/h1-21H/p+1. The molecule has 0 unspecified atom stereocenters. The number of para-hydroxylation sites is 2. The van der Waals surface area contributed by atoms with Gasteiger partial charge in [0.2, 0.25) is 5.82 Å². The van der Waals surface area contributed by atoms with Gasteiger partial charge in [0.25, 0.3) is 0 Å². The fourth-order valence-electron chi connectivity index (χ4n) is 5.96. The number of fused-ring (bicyclic) bond motifs is 5. The number of aromatic nitrogens is 7. The summed E-state index contributed by atoms with van der Waals surface area (Å²) < 4.78 is 3.31. The molecule has 0 radical (unpaired) electrons. The van der Waals surface area contributed by atoms with Gasteiger partial charge in [-0.2, -0.15) is 4.57 Å². The predicted octanol–water partition coefficient (Wildman–Crippen LogP) is 7.94. The summed E-state index contributed by atoms with van der Waals surface area (Å²) in [5, 5.41) is 3.05. The molecule has 1 N–H and O–H groups in total. The van der Waals surface area contributed by atoms with Crippen molar-refractivity contribution in [1.29, 1.82) is 0 Å². The first-order valence-electron chi connectivity index (χ1n) is 14.2. The molecule has 206 valence electrons. The molecule has 0 aliphatic rings. The lowest BCUT2D eigenvalue weighted by Gasteiger charge is -2.12. The van der Waals surface area contributed by atoms with E-state index in [0.29, 0.717) is 0 Å². The lowest BCUT2D eigenvalue weighted by Crippen LogP contribution is -2.32. The van der Waals surface area contributed by atoms with Crippen LogP contribution in [0.25, 0.3) is 82.0 Å². The van der Waals surface area contributed by atoms with E-state index in [-0.39, 0.29) is 0 Å². The molecule has 9 rings (SSSR count). The fourth-order valence-corrected chi connectivity index (χ4v) is 6.92. The van der Waals surface area contributed by atoms with Crippen LogP contribution in [0.2, 0.25) is 0 Å². The number of imidazole rings is 1. The van der Waals surface area contributed by atoms with Gasteiger partial charge in [0.1, 0.15) is 10.7 Å². The molecule has 0 atom stereocenters. The molecular formula is C36H22N7S+. The van der Waals surface area contributed by atoms with Gasteiger partial charge in [0.15, 0.2) is 11.8 Å². The van der Waals surface area contributed by atoms with Gasteiger partial charge in [-0.3, -0.25) is 15.0 Å². The molecule has 5 heterocycles. The Hall–Kier alpha value is -5.86. The summed E-state index contributed by atoms with van der Waals surface area (Å²) in [6, 6.07) is 35.6. The number of aromatic amines is 1. The Morgan fingerprint density at radius 2 is 1.48 bits per heavy atom. The van der Waals surface area contributed by atoms with Crippen molar-refractivity contribution in [3.05, 3.63) is 128 Å². The molecule has 0 amide bonds. The number of nitrogens with one attached hydrogen (secondary N) is 1. The Morgan fingerprint density at radius 1 is 0.682 bits per heavy atom. The molecule has 0 spiro atoms. The van der Waals surface area contributed by atoms with Gasteiger partial charge >= 0.3 is 5.65 Å². The van der Waals surface area contributed by atoms with Crippen LogP contribution in [0.3, 0.4) is 0 Å². The summed E-state index contributed by atoms with van der Waals surface area (Å²) in [5.74, 6) is 0.904. The van der Waals surface area contributed by atoms with E-state index in [1.165, 1.54) is 0 Å². The van der Waals surface area contributed by atoms with Gasteiger partial charge in [-0.25, -0.2) is 9.97 Å². The van der Waals surface area contributed by atoms with Crippen LogP contribution in [-0.4, -0.2) is 29.9 Å². The Morgan fingerprint density at radius 3 is 2.39 bits per heavy atom. The summed E-state index contributed by atoms with van der Waals surface area (Å²) in [7, 11) is 0. The van der Waals surface area contributed by atoms with Gasteiger partial charge in [0.05, 0.1) is 27.4 Å². The van der Waals surface area contributed by atoms with E-state index in [2.05, 4.69) is 91.2 Å². The number of benzene rings is 4. The maximum Gasteiger partial charge on any atom is 0.310 e. The van der Waals surface area contributed by atoms with Gasteiger partial charge in [-0.05, 0) is 71.8 Å². The highest BCUT2D eigenvalue weighted by Gasteiger charge is 2.24. The van der Waals surface area contributed by atoms with E-state index >= 15 is 0 Å². The average Bonchev–Trinajstić information content (AvgIpc) is 3.71. The highest BCUT2D eigenvalue weighted by molar-refractivity contribution is 7.21. The minimum absolute atomic E-state index is 0.805. The van der Waals surface area contributed by atoms with Gasteiger partial charge < -0.3 is 0 Å². The Labute approximate surface area is 255 Å². The van der Waals surface area contributed by atoms with Gasteiger partial charge in [-0.15, -0.1) is 11.3 Å². The number of hydrogen-bond donors (Lipinski definition) is 1. The van der Waals surface area contributed by atoms with Crippen LogP contribution in [0.1, 0.15) is 0 Å². The average molecular weight is 585 g/mol. The van der Waals surface area contributed by atoms with Crippen molar-refractivity contribution in [1.82, 2.24) is 29.9 Å².